The standard InChI is InChI=1S/C31H22O5/c1-35-25-9-5-8-20-28(25)24(34)15-16-14-23(33)17-6-3-4-7-18(17)30-19-10-12-22(32)29-26(36-2)13-11-21(27(19)29)31(16,20)30/h3-13,16H,14-15H2,1-2H3. The second-order valence-corrected chi connectivity index (χ2v) is 9.74. The number of rotatable bonds is 2. The highest BCUT2D eigenvalue weighted by atomic mass is 16.5. The van der Waals surface area contributed by atoms with Crippen molar-refractivity contribution in [1.29, 1.82) is 0 Å². The Hall–Kier alpha value is -4.25. The van der Waals surface area contributed by atoms with Crippen molar-refractivity contribution in [1.82, 2.24) is 0 Å². The molecule has 176 valence electrons. The normalized spacial score (nSPS) is 22.8. The molecule has 7 rings (SSSR count). The van der Waals surface area contributed by atoms with E-state index in [0.717, 1.165) is 33.4 Å². The number of ketones is 3. The minimum Gasteiger partial charge on any atom is -0.496 e. The van der Waals surface area contributed by atoms with Gasteiger partial charge in [0.25, 0.3) is 0 Å². The van der Waals surface area contributed by atoms with Gasteiger partial charge in [-0.15, -0.1) is 0 Å². The van der Waals surface area contributed by atoms with Crippen LogP contribution in [0.1, 0.15) is 66.2 Å². The molecule has 0 fully saturated rings. The van der Waals surface area contributed by atoms with Crippen molar-refractivity contribution in [2.24, 2.45) is 5.92 Å². The van der Waals surface area contributed by atoms with Gasteiger partial charge in [0.1, 0.15) is 11.5 Å². The fourth-order valence-corrected chi connectivity index (χ4v) is 7.07. The van der Waals surface area contributed by atoms with Gasteiger partial charge in [-0.1, -0.05) is 48.5 Å². The quantitative estimate of drug-likeness (QED) is 0.494. The minimum atomic E-state index is -0.791. The van der Waals surface area contributed by atoms with Gasteiger partial charge in [0.05, 0.1) is 30.8 Å². The smallest absolute Gasteiger partial charge is 0.190 e. The molecule has 4 aliphatic carbocycles. The lowest BCUT2D eigenvalue weighted by atomic mass is 9.56. The van der Waals surface area contributed by atoms with Crippen LogP contribution in [0.5, 0.6) is 11.5 Å². The summed E-state index contributed by atoms with van der Waals surface area (Å²) in [7, 11) is 3.14. The van der Waals surface area contributed by atoms with E-state index in [0.29, 0.717) is 28.2 Å². The van der Waals surface area contributed by atoms with E-state index < -0.39 is 5.41 Å². The molecule has 3 aromatic carbocycles. The second kappa shape index (κ2) is 7.14. The van der Waals surface area contributed by atoms with E-state index in [2.05, 4.69) is 0 Å². The number of benzene rings is 3. The lowest BCUT2D eigenvalue weighted by Gasteiger charge is -2.44. The molecule has 0 N–H and O–H groups in total. The van der Waals surface area contributed by atoms with Gasteiger partial charge in [0, 0.05) is 24.0 Å². The van der Waals surface area contributed by atoms with Crippen LogP contribution in [-0.4, -0.2) is 31.6 Å². The molecule has 5 heteroatoms. The Bertz CT molecular complexity index is 1620. The second-order valence-electron chi connectivity index (χ2n) is 9.74. The maximum atomic E-state index is 13.6. The number of Topliss-reactive ketones (excluding diaryl/α,β-unsaturated/α-hetero) is 2. The van der Waals surface area contributed by atoms with Crippen molar-refractivity contribution < 1.29 is 23.9 Å². The van der Waals surface area contributed by atoms with E-state index in [9.17, 15) is 14.4 Å². The number of carbonyl (C=O) groups is 3. The molecule has 0 heterocycles. The number of hydrogen-bond donors (Lipinski definition) is 0. The Labute approximate surface area is 208 Å². The summed E-state index contributed by atoms with van der Waals surface area (Å²) in [5.41, 5.74) is 6.30. The highest BCUT2D eigenvalue weighted by Gasteiger charge is 2.59. The first-order valence-electron chi connectivity index (χ1n) is 12.0. The van der Waals surface area contributed by atoms with Crippen molar-refractivity contribution in [2.45, 2.75) is 18.3 Å². The predicted molar refractivity (Wildman–Crippen MR) is 135 cm³/mol. The first-order valence-corrected chi connectivity index (χ1v) is 12.0. The first-order chi connectivity index (χ1) is 17.5. The highest BCUT2D eigenvalue weighted by molar-refractivity contribution is 6.23. The summed E-state index contributed by atoms with van der Waals surface area (Å²) in [6.07, 6.45) is 3.90. The van der Waals surface area contributed by atoms with Crippen LogP contribution in [0.2, 0.25) is 0 Å². The summed E-state index contributed by atoms with van der Waals surface area (Å²) >= 11 is 0. The van der Waals surface area contributed by atoms with Crippen molar-refractivity contribution in [2.75, 3.05) is 14.2 Å². The van der Waals surface area contributed by atoms with Gasteiger partial charge in [0.2, 0.25) is 0 Å². The SMILES string of the molecule is COc1cccc2c1C(=O)CC1CC(=O)c3ccccc3C3=C4C=CC(=O)c5c(OC)ccc(c54)C321. The van der Waals surface area contributed by atoms with Crippen LogP contribution in [0, 0.1) is 5.92 Å². The third kappa shape index (κ3) is 2.33. The summed E-state index contributed by atoms with van der Waals surface area (Å²) in [5.74, 6) is 0.633. The molecule has 0 radical (unpaired) electrons. The Balaban J connectivity index is 1.73. The molecule has 36 heavy (non-hydrogen) atoms. The van der Waals surface area contributed by atoms with Crippen LogP contribution >= 0.6 is 0 Å². The molecule has 3 aromatic rings. The molecule has 0 bridgehead atoms. The molecule has 2 atom stereocenters. The molecule has 0 saturated carbocycles. The molecule has 0 saturated heterocycles. The number of hydrogen-bond acceptors (Lipinski definition) is 5. The Morgan fingerprint density at radius 2 is 1.39 bits per heavy atom. The zero-order valence-electron chi connectivity index (χ0n) is 19.9. The third-order valence-electron chi connectivity index (χ3n) is 8.32. The predicted octanol–water partition coefficient (Wildman–Crippen LogP) is 5.46. The van der Waals surface area contributed by atoms with E-state index in [1.807, 2.05) is 60.7 Å². The summed E-state index contributed by atoms with van der Waals surface area (Å²) in [4.78, 5) is 40.4. The summed E-state index contributed by atoms with van der Waals surface area (Å²) in [6, 6.07) is 17.2. The monoisotopic (exact) mass is 474 g/mol. The van der Waals surface area contributed by atoms with Gasteiger partial charge >= 0.3 is 0 Å². The van der Waals surface area contributed by atoms with Gasteiger partial charge in [-0.05, 0) is 52.0 Å². The Kier molecular flexibility index (Phi) is 4.18. The third-order valence-corrected chi connectivity index (χ3v) is 8.32. The molecule has 0 aliphatic heterocycles. The lowest BCUT2D eigenvalue weighted by Crippen LogP contribution is -2.42. The average molecular weight is 475 g/mol. The Morgan fingerprint density at radius 3 is 2.17 bits per heavy atom. The van der Waals surface area contributed by atoms with Gasteiger partial charge in [-0.25, -0.2) is 0 Å². The maximum Gasteiger partial charge on any atom is 0.190 e. The first kappa shape index (κ1) is 21.1. The molecule has 0 aromatic heterocycles. The zero-order valence-corrected chi connectivity index (χ0v) is 19.9. The number of fused-ring (bicyclic) bond motifs is 3. The van der Waals surface area contributed by atoms with Crippen LogP contribution < -0.4 is 9.47 Å². The molecular formula is C31H22O5. The zero-order chi connectivity index (χ0) is 24.8. The van der Waals surface area contributed by atoms with Crippen LogP contribution in [0.4, 0.5) is 0 Å². The van der Waals surface area contributed by atoms with Crippen molar-refractivity contribution in [3.63, 3.8) is 0 Å². The number of ether oxygens (including phenoxy) is 2. The largest absolute Gasteiger partial charge is 0.496 e. The fourth-order valence-electron chi connectivity index (χ4n) is 7.07. The molecule has 4 aliphatic rings. The van der Waals surface area contributed by atoms with E-state index in [4.69, 9.17) is 9.47 Å². The summed E-state index contributed by atoms with van der Waals surface area (Å²) in [5, 5.41) is 0. The van der Waals surface area contributed by atoms with Gasteiger partial charge in [0.15, 0.2) is 17.3 Å². The lowest BCUT2D eigenvalue weighted by molar-refractivity contribution is 0.0884. The number of methoxy groups -OCH3 is 2. The van der Waals surface area contributed by atoms with E-state index in [1.165, 1.54) is 0 Å². The maximum absolute atomic E-state index is 13.6. The molecule has 0 amide bonds. The average Bonchev–Trinajstić information content (AvgIpc) is 3.14. The molecule has 5 nitrogen and oxygen atoms in total. The topological polar surface area (TPSA) is 69.7 Å². The highest BCUT2D eigenvalue weighted by Crippen LogP contribution is 2.66. The van der Waals surface area contributed by atoms with E-state index >= 15 is 0 Å². The summed E-state index contributed by atoms with van der Waals surface area (Å²) in [6.45, 7) is 0. The van der Waals surface area contributed by atoms with Gasteiger partial charge in [-0.3, -0.25) is 14.4 Å². The van der Waals surface area contributed by atoms with Crippen molar-refractivity contribution in [3.8, 4) is 11.5 Å². The number of allylic oxidation sites excluding steroid dienone is 4. The minimum absolute atomic E-state index is 0.0265. The van der Waals surface area contributed by atoms with Crippen LogP contribution in [0.3, 0.4) is 0 Å². The van der Waals surface area contributed by atoms with Crippen molar-refractivity contribution in [3.05, 3.63) is 106 Å². The van der Waals surface area contributed by atoms with Crippen LogP contribution in [0.15, 0.2) is 66.7 Å². The number of carbonyl (C=O) groups excluding carboxylic acids is 3. The molecule has 2 unspecified atom stereocenters. The van der Waals surface area contributed by atoms with E-state index in [-0.39, 0.29) is 36.1 Å². The molecule has 1 spiro atoms. The van der Waals surface area contributed by atoms with E-state index in [1.54, 1.807) is 20.3 Å². The van der Waals surface area contributed by atoms with Crippen LogP contribution in [0.25, 0.3) is 11.1 Å². The Morgan fingerprint density at radius 1 is 0.694 bits per heavy atom. The fraction of sp³-hybridized carbons (Fsp3) is 0.194. The van der Waals surface area contributed by atoms with Gasteiger partial charge < -0.3 is 9.47 Å². The summed E-state index contributed by atoms with van der Waals surface area (Å²) < 4.78 is 11.3. The van der Waals surface area contributed by atoms with Gasteiger partial charge in [-0.2, -0.15) is 0 Å². The molecular weight excluding hydrogens is 452 g/mol. The van der Waals surface area contributed by atoms with Crippen molar-refractivity contribution >= 4 is 28.5 Å². The van der Waals surface area contributed by atoms with Crippen LogP contribution in [-0.2, 0) is 5.41 Å².